The standard InChI is InChI=1S/C24H25FN4O2/c25-20-12-5-4-11-19(20)24(31)29(15-16-7-2-1-3-8-16)23-22(26)27-14-21(28-23)17-9-6-10-18(30)13-17/h1-5,7-8,11-12,14,17-18,30H,6,9-10,13,15H2,(H2,26,27)/t17-,18+/m1/s1. The van der Waals surface area contributed by atoms with Crippen LogP contribution in [0, 0.1) is 5.82 Å². The molecule has 0 spiro atoms. The van der Waals surface area contributed by atoms with Crippen molar-refractivity contribution in [2.75, 3.05) is 10.6 Å². The van der Waals surface area contributed by atoms with E-state index >= 15 is 0 Å². The van der Waals surface area contributed by atoms with E-state index in [9.17, 15) is 14.3 Å². The maximum absolute atomic E-state index is 14.4. The summed E-state index contributed by atoms with van der Waals surface area (Å²) in [5.74, 6) is -0.805. The van der Waals surface area contributed by atoms with E-state index in [2.05, 4.69) is 9.97 Å². The number of aliphatic hydroxyl groups excluding tert-OH is 1. The van der Waals surface area contributed by atoms with Crippen LogP contribution in [-0.4, -0.2) is 27.1 Å². The molecule has 0 saturated heterocycles. The first-order valence-corrected chi connectivity index (χ1v) is 10.4. The first-order valence-electron chi connectivity index (χ1n) is 10.4. The molecule has 1 aliphatic rings. The number of amides is 1. The highest BCUT2D eigenvalue weighted by molar-refractivity contribution is 6.06. The Morgan fingerprint density at radius 2 is 1.87 bits per heavy atom. The number of rotatable bonds is 5. The maximum Gasteiger partial charge on any atom is 0.262 e. The van der Waals surface area contributed by atoms with Crippen molar-refractivity contribution >= 4 is 17.5 Å². The van der Waals surface area contributed by atoms with Gasteiger partial charge in [0, 0.05) is 5.92 Å². The summed E-state index contributed by atoms with van der Waals surface area (Å²) >= 11 is 0. The predicted octanol–water partition coefficient (Wildman–Crippen LogP) is 4.06. The average molecular weight is 420 g/mol. The minimum Gasteiger partial charge on any atom is -0.393 e. The highest BCUT2D eigenvalue weighted by atomic mass is 19.1. The van der Waals surface area contributed by atoms with Crippen LogP contribution in [-0.2, 0) is 6.54 Å². The molecule has 2 aromatic carbocycles. The van der Waals surface area contributed by atoms with Crippen LogP contribution >= 0.6 is 0 Å². The summed E-state index contributed by atoms with van der Waals surface area (Å²) < 4.78 is 14.4. The minimum absolute atomic E-state index is 0.0396. The molecule has 0 aliphatic heterocycles. The van der Waals surface area contributed by atoms with Crippen molar-refractivity contribution in [3.8, 4) is 0 Å². The van der Waals surface area contributed by atoms with Crippen molar-refractivity contribution in [3.63, 3.8) is 0 Å². The summed E-state index contributed by atoms with van der Waals surface area (Å²) in [4.78, 5) is 23.7. The second kappa shape index (κ2) is 9.22. The van der Waals surface area contributed by atoms with Crippen molar-refractivity contribution in [2.24, 2.45) is 0 Å². The highest BCUT2D eigenvalue weighted by Gasteiger charge is 2.28. The molecule has 31 heavy (non-hydrogen) atoms. The summed E-state index contributed by atoms with van der Waals surface area (Å²) in [6.07, 6.45) is 4.39. The van der Waals surface area contributed by atoms with E-state index in [1.54, 1.807) is 12.3 Å². The monoisotopic (exact) mass is 420 g/mol. The predicted molar refractivity (Wildman–Crippen MR) is 117 cm³/mol. The molecule has 1 heterocycles. The third-order valence-corrected chi connectivity index (χ3v) is 5.65. The van der Waals surface area contributed by atoms with Gasteiger partial charge in [0.15, 0.2) is 11.6 Å². The third-order valence-electron chi connectivity index (χ3n) is 5.65. The van der Waals surface area contributed by atoms with Crippen LogP contribution in [0.25, 0.3) is 0 Å². The van der Waals surface area contributed by atoms with Crippen LogP contribution in [0.15, 0.2) is 60.8 Å². The van der Waals surface area contributed by atoms with Gasteiger partial charge in [0.25, 0.3) is 5.91 Å². The van der Waals surface area contributed by atoms with E-state index in [4.69, 9.17) is 5.73 Å². The lowest BCUT2D eigenvalue weighted by atomic mass is 9.85. The number of hydrogen-bond acceptors (Lipinski definition) is 5. The molecule has 1 aliphatic carbocycles. The Morgan fingerprint density at radius 3 is 2.61 bits per heavy atom. The van der Waals surface area contributed by atoms with Gasteiger partial charge in [-0.3, -0.25) is 9.69 Å². The minimum atomic E-state index is -0.608. The molecule has 2 atom stereocenters. The molecule has 1 aromatic heterocycles. The van der Waals surface area contributed by atoms with Crippen LogP contribution in [0.4, 0.5) is 16.0 Å². The number of nitrogen functional groups attached to an aromatic ring is 1. The second-order valence-electron chi connectivity index (χ2n) is 7.88. The number of benzene rings is 2. The van der Waals surface area contributed by atoms with Gasteiger partial charge in [-0.25, -0.2) is 14.4 Å². The number of halogens is 1. The topological polar surface area (TPSA) is 92.3 Å². The Labute approximate surface area is 180 Å². The largest absolute Gasteiger partial charge is 0.393 e. The molecule has 0 unspecified atom stereocenters. The van der Waals surface area contributed by atoms with E-state index in [-0.39, 0.29) is 35.8 Å². The van der Waals surface area contributed by atoms with Crippen LogP contribution in [0.1, 0.15) is 53.2 Å². The Hall–Kier alpha value is -3.32. The molecule has 1 saturated carbocycles. The maximum atomic E-state index is 14.4. The van der Waals surface area contributed by atoms with Gasteiger partial charge in [-0.1, -0.05) is 48.9 Å². The van der Waals surface area contributed by atoms with Crippen molar-refractivity contribution in [1.82, 2.24) is 9.97 Å². The van der Waals surface area contributed by atoms with Crippen LogP contribution in [0.5, 0.6) is 0 Å². The smallest absolute Gasteiger partial charge is 0.262 e. The van der Waals surface area contributed by atoms with Crippen molar-refractivity contribution in [1.29, 1.82) is 0 Å². The lowest BCUT2D eigenvalue weighted by Gasteiger charge is -2.27. The number of hydrogen-bond donors (Lipinski definition) is 2. The van der Waals surface area contributed by atoms with Crippen molar-refractivity contribution < 1.29 is 14.3 Å². The van der Waals surface area contributed by atoms with E-state index in [1.165, 1.54) is 23.1 Å². The zero-order valence-corrected chi connectivity index (χ0v) is 17.1. The van der Waals surface area contributed by atoms with Gasteiger partial charge in [0.05, 0.1) is 30.1 Å². The summed E-state index contributed by atoms with van der Waals surface area (Å²) in [5.41, 5.74) is 7.62. The molecular weight excluding hydrogens is 395 g/mol. The van der Waals surface area contributed by atoms with Gasteiger partial charge in [-0.2, -0.15) is 0 Å². The van der Waals surface area contributed by atoms with Crippen LogP contribution in [0.3, 0.4) is 0 Å². The molecule has 1 amide bonds. The Bertz CT molecular complexity index is 1060. The number of anilines is 2. The van der Waals surface area contributed by atoms with Crippen LogP contribution in [0.2, 0.25) is 0 Å². The van der Waals surface area contributed by atoms with Gasteiger partial charge >= 0.3 is 0 Å². The lowest BCUT2D eigenvalue weighted by molar-refractivity contribution is 0.0979. The Morgan fingerprint density at radius 1 is 1.13 bits per heavy atom. The molecule has 0 bridgehead atoms. The number of carbonyl (C=O) groups is 1. The van der Waals surface area contributed by atoms with Gasteiger partial charge in [0.2, 0.25) is 0 Å². The fraction of sp³-hybridized carbons (Fsp3) is 0.292. The first-order chi connectivity index (χ1) is 15.0. The summed E-state index contributed by atoms with van der Waals surface area (Å²) in [6, 6.07) is 15.2. The fourth-order valence-electron chi connectivity index (χ4n) is 4.02. The fourth-order valence-corrected chi connectivity index (χ4v) is 4.02. The average Bonchev–Trinajstić information content (AvgIpc) is 2.79. The molecule has 0 radical (unpaired) electrons. The highest BCUT2D eigenvalue weighted by Crippen LogP contribution is 2.34. The quantitative estimate of drug-likeness (QED) is 0.649. The van der Waals surface area contributed by atoms with E-state index in [1.807, 2.05) is 30.3 Å². The lowest BCUT2D eigenvalue weighted by Crippen LogP contribution is -2.33. The van der Waals surface area contributed by atoms with Gasteiger partial charge < -0.3 is 10.8 Å². The van der Waals surface area contributed by atoms with Crippen molar-refractivity contribution in [2.45, 2.75) is 44.2 Å². The summed E-state index contributed by atoms with van der Waals surface area (Å²) in [7, 11) is 0. The molecule has 4 rings (SSSR count). The van der Waals surface area contributed by atoms with Gasteiger partial charge in [-0.05, 0) is 37.0 Å². The molecule has 3 aromatic rings. The number of carbonyl (C=O) groups excluding carboxylic acids is 1. The van der Waals surface area contributed by atoms with Crippen LogP contribution < -0.4 is 10.6 Å². The number of nitrogens with two attached hydrogens (primary N) is 1. The number of aromatic nitrogens is 2. The van der Waals surface area contributed by atoms with E-state index in [0.29, 0.717) is 12.1 Å². The summed E-state index contributed by atoms with van der Waals surface area (Å²) in [5, 5.41) is 10.1. The summed E-state index contributed by atoms with van der Waals surface area (Å²) in [6.45, 7) is 0.170. The molecular formula is C24H25FN4O2. The SMILES string of the molecule is Nc1ncc([C@@H]2CCC[C@H](O)C2)nc1N(Cc1ccccc1)C(=O)c1ccccc1F. The van der Waals surface area contributed by atoms with Gasteiger partial charge in [-0.15, -0.1) is 0 Å². The van der Waals surface area contributed by atoms with Gasteiger partial charge in [0.1, 0.15) is 5.82 Å². The second-order valence-corrected chi connectivity index (χ2v) is 7.88. The number of aliphatic hydroxyl groups is 1. The molecule has 1 fully saturated rings. The zero-order chi connectivity index (χ0) is 21.8. The zero-order valence-electron chi connectivity index (χ0n) is 17.1. The first kappa shape index (κ1) is 20.9. The number of nitrogens with zero attached hydrogens (tertiary/aromatic N) is 3. The molecule has 7 heteroatoms. The molecule has 6 nitrogen and oxygen atoms in total. The normalized spacial score (nSPS) is 18.5. The molecule has 160 valence electrons. The third kappa shape index (κ3) is 4.72. The Balaban J connectivity index is 1.75. The van der Waals surface area contributed by atoms with E-state index < -0.39 is 11.7 Å². The Kier molecular flexibility index (Phi) is 6.23. The van der Waals surface area contributed by atoms with Crippen molar-refractivity contribution in [3.05, 3.63) is 83.4 Å². The molecule has 3 N–H and O–H groups in total. The van der Waals surface area contributed by atoms with E-state index in [0.717, 1.165) is 24.8 Å².